The molecule has 2 aromatic carbocycles. The van der Waals surface area contributed by atoms with Gasteiger partial charge in [0.15, 0.2) is 11.5 Å². The van der Waals surface area contributed by atoms with E-state index >= 15 is 0 Å². The van der Waals surface area contributed by atoms with Gasteiger partial charge in [0, 0.05) is 13.1 Å². The Kier molecular flexibility index (Phi) is 4.71. The van der Waals surface area contributed by atoms with Gasteiger partial charge in [-0.3, -0.25) is 9.59 Å². The van der Waals surface area contributed by atoms with Crippen molar-refractivity contribution in [3.8, 4) is 11.5 Å². The smallest absolute Gasteiger partial charge is 0.269 e. The van der Waals surface area contributed by atoms with Crippen LogP contribution in [0.15, 0.2) is 42.5 Å². The molecule has 6 nitrogen and oxygen atoms in total. The standard InChI is InChI=1S/C21H22N2O4/c1-14-7-6-8-15(19(14)21(25)23-11-4-5-12-23)22-20(24)18-13-26-16-9-2-3-10-17(16)27-18/h2-3,6-10,18H,4-5,11-13H2,1H3,(H,22,24). The molecule has 1 fully saturated rings. The minimum absolute atomic E-state index is 0.0351. The van der Waals surface area contributed by atoms with Gasteiger partial charge in [-0.25, -0.2) is 0 Å². The van der Waals surface area contributed by atoms with Gasteiger partial charge >= 0.3 is 0 Å². The lowest BCUT2D eigenvalue weighted by Gasteiger charge is -2.26. The highest BCUT2D eigenvalue weighted by atomic mass is 16.6. The average Bonchev–Trinajstić information content (AvgIpc) is 3.22. The van der Waals surface area contributed by atoms with Crippen molar-refractivity contribution in [2.24, 2.45) is 0 Å². The van der Waals surface area contributed by atoms with Crippen molar-refractivity contribution in [2.45, 2.75) is 25.9 Å². The van der Waals surface area contributed by atoms with Crippen LogP contribution in [-0.4, -0.2) is 42.5 Å². The second-order valence-corrected chi connectivity index (χ2v) is 6.85. The number of nitrogens with one attached hydrogen (secondary N) is 1. The molecule has 0 saturated carbocycles. The number of nitrogens with zero attached hydrogens (tertiary/aromatic N) is 1. The van der Waals surface area contributed by atoms with Crippen LogP contribution in [0.3, 0.4) is 0 Å². The van der Waals surface area contributed by atoms with Gasteiger partial charge in [0.25, 0.3) is 11.8 Å². The zero-order valence-corrected chi connectivity index (χ0v) is 15.2. The molecule has 0 radical (unpaired) electrons. The monoisotopic (exact) mass is 366 g/mol. The molecule has 2 aromatic rings. The topological polar surface area (TPSA) is 67.9 Å². The lowest BCUT2D eigenvalue weighted by Crippen LogP contribution is -2.40. The quantitative estimate of drug-likeness (QED) is 0.907. The number of likely N-dealkylation sites (tertiary alicyclic amines) is 1. The van der Waals surface area contributed by atoms with E-state index in [0.717, 1.165) is 31.5 Å². The van der Waals surface area contributed by atoms with Gasteiger partial charge in [0.2, 0.25) is 6.10 Å². The average molecular weight is 366 g/mol. The first-order valence-electron chi connectivity index (χ1n) is 9.22. The predicted molar refractivity (Wildman–Crippen MR) is 101 cm³/mol. The molecule has 27 heavy (non-hydrogen) atoms. The van der Waals surface area contributed by atoms with Crippen LogP contribution in [-0.2, 0) is 4.79 Å². The Bertz CT molecular complexity index is 874. The van der Waals surface area contributed by atoms with Crippen LogP contribution in [0.25, 0.3) is 0 Å². The fraction of sp³-hybridized carbons (Fsp3) is 0.333. The second-order valence-electron chi connectivity index (χ2n) is 6.85. The SMILES string of the molecule is Cc1cccc(NC(=O)C2COc3ccccc3O2)c1C(=O)N1CCCC1. The van der Waals surface area contributed by atoms with E-state index in [1.165, 1.54) is 0 Å². The molecule has 140 valence electrons. The molecule has 2 heterocycles. The van der Waals surface area contributed by atoms with E-state index in [2.05, 4.69) is 5.32 Å². The Morgan fingerprint density at radius 2 is 1.78 bits per heavy atom. The normalized spacial score (nSPS) is 18.3. The Balaban J connectivity index is 1.53. The number of hydrogen-bond donors (Lipinski definition) is 1. The molecule has 6 heteroatoms. The van der Waals surface area contributed by atoms with Crippen molar-refractivity contribution in [3.05, 3.63) is 53.6 Å². The van der Waals surface area contributed by atoms with E-state index in [4.69, 9.17) is 9.47 Å². The molecule has 0 bridgehead atoms. The minimum Gasteiger partial charge on any atom is -0.485 e. The van der Waals surface area contributed by atoms with Gasteiger partial charge in [-0.1, -0.05) is 24.3 Å². The fourth-order valence-corrected chi connectivity index (χ4v) is 3.50. The van der Waals surface area contributed by atoms with Gasteiger partial charge in [0.05, 0.1) is 11.3 Å². The number of fused-ring (bicyclic) bond motifs is 1. The number of hydrogen-bond acceptors (Lipinski definition) is 4. The van der Waals surface area contributed by atoms with Crippen molar-refractivity contribution in [1.82, 2.24) is 4.90 Å². The zero-order chi connectivity index (χ0) is 18.8. The number of aryl methyl sites for hydroxylation is 1. The fourth-order valence-electron chi connectivity index (χ4n) is 3.50. The van der Waals surface area contributed by atoms with E-state index < -0.39 is 6.10 Å². The summed E-state index contributed by atoms with van der Waals surface area (Å²) in [6, 6.07) is 12.7. The maximum Gasteiger partial charge on any atom is 0.269 e. The summed E-state index contributed by atoms with van der Waals surface area (Å²) < 4.78 is 11.4. The van der Waals surface area contributed by atoms with E-state index in [1.807, 2.05) is 36.1 Å². The van der Waals surface area contributed by atoms with Crippen molar-refractivity contribution in [3.63, 3.8) is 0 Å². The molecular weight excluding hydrogens is 344 g/mol. The van der Waals surface area contributed by atoms with Gasteiger partial charge in [-0.15, -0.1) is 0 Å². The molecule has 1 atom stereocenters. The first kappa shape index (κ1) is 17.4. The van der Waals surface area contributed by atoms with Crippen LogP contribution in [0, 0.1) is 6.92 Å². The summed E-state index contributed by atoms with van der Waals surface area (Å²) in [7, 11) is 0. The highest BCUT2D eigenvalue weighted by Crippen LogP contribution is 2.31. The molecule has 2 aliphatic rings. The third kappa shape index (κ3) is 3.47. The highest BCUT2D eigenvalue weighted by molar-refractivity contribution is 6.05. The van der Waals surface area contributed by atoms with Crippen LogP contribution in [0.1, 0.15) is 28.8 Å². The molecule has 1 unspecified atom stereocenters. The Morgan fingerprint density at radius 1 is 1.04 bits per heavy atom. The number of amides is 2. The van der Waals surface area contributed by atoms with Gasteiger partial charge in [0.1, 0.15) is 6.61 Å². The first-order valence-corrected chi connectivity index (χ1v) is 9.22. The number of rotatable bonds is 3. The second kappa shape index (κ2) is 7.31. The van der Waals surface area contributed by atoms with Gasteiger partial charge in [-0.2, -0.15) is 0 Å². The third-order valence-electron chi connectivity index (χ3n) is 4.94. The van der Waals surface area contributed by atoms with E-state index in [0.29, 0.717) is 22.7 Å². The van der Waals surface area contributed by atoms with Crippen molar-refractivity contribution in [1.29, 1.82) is 0 Å². The predicted octanol–water partition coefficient (Wildman–Crippen LogP) is 3.01. The first-order chi connectivity index (χ1) is 13.1. The van der Waals surface area contributed by atoms with E-state index in [9.17, 15) is 9.59 Å². The molecule has 0 aromatic heterocycles. The van der Waals surface area contributed by atoms with E-state index in [1.54, 1.807) is 18.2 Å². The largest absolute Gasteiger partial charge is 0.485 e. The van der Waals surface area contributed by atoms with Crippen molar-refractivity contribution in [2.75, 3.05) is 25.0 Å². The summed E-state index contributed by atoms with van der Waals surface area (Å²) >= 11 is 0. The number of ether oxygens (including phenoxy) is 2. The van der Waals surface area contributed by atoms with Crippen molar-refractivity contribution < 1.29 is 19.1 Å². The van der Waals surface area contributed by atoms with Crippen LogP contribution in [0.5, 0.6) is 11.5 Å². The third-order valence-corrected chi connectivity index (χ3v) is 4.94. The number of benzene rings is 2. The molecular formula is C21H22N2O4. The molecule has 0 spiro atoms. The Labute approximate surface area is 158 Å². The molecule has 2 aliphatic heterocycles. The lowest BCUT2D eigenvalue weighted by molar-refractivity contribution is -0.125. The molecule has 4 rings (SSSR count). The highest BCUT2D eigenvalue weighted by Gasteiger charge is 2.29. The maximum atomic E-state index is 12.9. The summed E-state index contributed by atoms with van der Waals surface area (Å²) in [6.07, 6.45) is 1.27. The Hall–Kier alpha value is -3.02. The minimum atomic E-state index is -0.768. The number of carbonyl (C=O) groups is 2. The summed E-state index contributed by atoms with van der Waals surface area (Å²) in [5, 5.41) is 2.86. The van der Waals surface area contributed by atoms with Crippen molar-refractivity contribution >= 4 is 17.5 Å². The zero-order valence-electron chi connectivity index (χ0n) is 15.2. The summed E-state index contributed by atoms with van der Waals surface area (Å²) in [6.45, 7) is 3.54. The van der Waals surface area contributed by atoms with E-state index in [-0.39, 0.29) is 18.4 Å². The molecule has 1 N–H and O–H groups in total. The molecule has 0 aliphatic carbocycles. The van der Waals surface area contributed by atoms with Crippen LogP contribution >= 0.6 is 0 Å². The number of anilines is 1. The summed E-state index contributed by atoms with van der Waals surface area (Å²) in [4.78, 5) is 27.5. The lowest BCUT2D eigenvalue weighted by atomic mass is 10.0. The summed E-state index contributed by atoms with van der Waals surface area (Å²) in [5.41, 5.74) is 1.90. The Morgan fingerprint density at radius 3 is 2.56 bits per heavy atom. The van der Waals surface area contributed by atoms with Crippen LogP contribution in [0.4, 0.5) is 5.69 Å². The summed E-state index contributed by atoms with van der Waals surface area (Å²) in [5.74, 6) is 0.807. The van der Waals surface area contributed by atoms with Crippen LogP contribution < -0.4 is 14.8 Å². The maximum absolute atomic E-state index is 12.9. The van der Waals surface area contributed by atoms with Gasteiger partial charge in [-0.05, 0) is 43.5 Å². The number of carbonyl (C=O) groups excluding carboxylic acids is 2. The van der Waals surface area contributed by atoms with Gasteiger partial charge < -0.3 is 19.7 Å². The number of para-hydroxylation sites is 2. The molecule has 2 amide bonds. The van der Waals surface area contributed by atoms with Crippen LogP contribution in [0.2, 0.25) is 0 Å². The molecule has 1 saturated heterocycles.